The van der Waals surface area contributed by atoms with Gasteiger partial charge in [0.1, 0.15) is 6.54 Å². The molecule has 0 bridgehead atoms. The standard InChI is InChI=1S/C21H28N2O5/c1-27-13-12-23-20(26)16-9-5-4-8-15(16)18(19(25)22-14-17(24)28-2)21(23)10-6-3-7-11-21/h4-5,8-9,18H,3,6-7,10-14H2,1-2H3,(H,22,25). The molecule has 28 heavy (non-hydrogen) atoms. The summed E-state index contributed by atoms with van der Waals surface area (Å²) in [7, 11) is 2.90. The molecule has 0 aromatic heterocycles. The van der Waals surface area contributed by atoms with Crippen LogP contribution in [0.5, 0.6) is 0 Å². The summed E-state index contributed by atoms with van der Waals surface area (Å²) >= 11 is 0. The minimum absolute atomic E-state index is 0.0495. The molecule has 2 aliphatic rings. The fourth-order valence-corrected chi connectivity index (χ4v) is 4.68. The molecule has 1 atom stereocenters. The molecule has 1 spiro atoms. The summed E-state index contributed by atoms with van der Waals surface area (Å²) in [5.41, 5.74) is 0.695. The maximum Gasteiger partial charge on any atom is 0.325 e. The molecule has 1 heterocycles. The van der Waals surface area contributed by atoms with Crippen LogP contribution in [0.3, 0.4) is 0 Å². The highest BCUT2D eigenvalue weighted by Crippen LogP contribution is 2.49. The Morgan fingerprint density at radius 2 is 1.89 bits per heavy atom. The van der Waals surface area contributed by atoms with Crippen LogP contribution < -0.4 is 5.32 Å². The first-order valence-electron chi connectivity index (χ1n) is 9.79. The van der Waals surface area contributed by atoms with E-state index in [-0.39, 0.29) is 18.4 Å². The quantitative estimate of drug-likeness (QED) is 0.752. The third-order valence-electron chi connectivity index (χ3n) is 5.96. The van der Waals surface area contributed by atoms with Crippen molar-refractivity contribution in [3.8, 4) is 0 Å². The Balaban J connectivity index is 2.05. The molecule has 0 saturated heterocycles. The number of fused-ring (bicyclic) bond motifs is 1. The molecule has 152 valence electrons. The molecular formula is C21H28N2O5. The van der Waals surface area contributed by atoms with Crippen molar-refractivity contribution in [2.45, 2.75) is 43.6 Å². The first kappa shape index (κ1) is 20.3. The van der Waals surface area contributed by atoms with E-state index in [2.05, 4.69) is 10.1 Å². The number of carbonyl (C=O) groups excluding carboxylic acids is 3. The van der Waals surface area contributed by atoms with E-state index < -0.39 is 17.4 Å². The van der Waals surface area contributed by atoms with Gasteiger partial charge in [-0.3, -0.25) is 14.4 Å². The molecule has 2 amide bonds. The monoisotopic (exact) mass is 388 g/mol. The van der Waals surface area contributed by atoms with Crippen LogP contribution in [-0.4, -0.2) is 62.1 Å². The van der Waals surface area contributed by atoms with Crippen molar-refractivity contribution in [2.75, 3.05) is 33.9 Å². The van der Waals surface area contributed by atoms with Gasteiger partial charge in [0.05, 0.1) is 25.2 Å². The highest BCUT2D eigenvalue weighted by molar-refractivity contribution is 6.02. The Bertz CT molecular complexity index is 742. The van der Waals surface area contributed by atoms with Crippen molar-refractivity contribution < 1.29 is 23.9 Å². The Hall–Kier alpha value is -2.41. The number of amides is 2. The van der Waals surface area contributed by atoms with Crippen LogP contribution in [0, 0.1) is 0 Å². The number of hydrogen-bond acceptors (Lipinski definition) is 5. The van der Waals surface area contributed by atoms with Gasteiger partial charge in [-0.1, -0.05) is 37.5 Å². The summed E-state index contributed by atoms with van der Waals surface area (Å²) in [5, 5.41) is 2.72. The van der Waals surface area contributed by atoms with Crippen LogP contribution in [0.1, 0.15) is 53.9 Å². The smallest absolute Gasteiger partial charge is 0.325 e. The second-order valence-electron chi connectivity index (χ2n) is 7.43. The predicted molar refractivity (Wildman–Crippen MR) is 103 cm³/mol. The molecule has 1 N–H and O–H groups in total. The van der Waals surface area contributed by atoms with Crippen LogP contribution in [0.15, 0.2) is 24.3 Å². The van der Waals surface area contributed by atoms with Crippen LogP contribution in [0.4, 0.5) is 0 Å². The van der Waals surface area contributed by atoms with E-state index in [0.29, 0.717) is 18.7 Å². The maximum atomic E-state index is 13.3. The number of esters is 1. The van der Waals surface area contributed by atoms with Crippen molar-refractivity contribution in [3.05, 3.63) is 35.4 Å². The topological polar surface area (TPSA) is 84.9 Å². The molecule has 1 aliphatic heterocycles. The van der Waals surface area contributed by atoms with Gasteiger partial charge in [0.2, 0.25) is 5.91 Å². The van der Waals surface area contributed by atoms with Gasteiger partial charge >= 0.3 is 5.97 Å². The molecule has 3 rings (SSSR count). The molecule has 1 aromatic rings. The molecule has 1 unspecified atom stereocenters. The summed E-state index contributed by atoms with van der Waals surface area (Å²) in [4.78, 5) is 40.0. The number of hydrogen-bond donors (Lipinski definition) is 1. The van der Waals surface area contributed by atoms with Gasteiger partial charge in [0.15, 0.2) is 0 Å². The molecule has 0 radical (unpaired) electrons. The number of benzene rings is 1. The van der Waals surface area contributed by atoms with Gasteiger partial charge in [-0.15, -0.1) is 0 Å². The maximum absolute atomic E-state index is 13.3. The predicted octanol–water partition coefficient (Wildman–Crippen LogP) is 1.86. The fraction of sp³-hybridized carbons (Fsp3) is 0.571. The third-order valence-corrected chi connectivity index (χ3v) is 5.96. The Kier molecular flexibility index (Phi) is 6.34. The minimum Gasteiger partial charge on any atom is -0.468 e. The van der Waals surface area contributed by atoms with Crippen LogP contribution in [-0.2, 0) is 19.1 Å². The van der Waals surface area contributed by atoms with Crippen LogP contribution in [0.2, 0.25) is 0 Å². The van der Waals surface area contributed by atoms with Gasteiger partial charge < -0.3 is 19.7 Å². The highest BCUT2D eigenvalue weighted by Gasteiger charge is 2.54. The average molecular weight is 388 g/mol. The molecule has 1 aliphatic carbocycles. The second-order valence-corrected chi connectivity index (χ2v) is 7.43. The van der Waals surface area contributed by atoms with Gasteiger partial charge in [-0.25, -0.2) is 0 Å². The summed E-state index contributed by atoms with van der Waals surface area (Å²) in [6.45, 7) is 0.659. The van der Waals surface area contributed by atoms with E-state index >= 15 is 0 Å². The number of methoxy groups -OCH3 is 2. The van der Waals surface area contributed by atoms with E-state index in [9.17, 15) is 14.4 Å². The number of carbonyl (C=O) groups is 3. The fourth-order valence-electron chi connectivity index (χ4n) is 4.68. The van der Waals surface area contributed by atoms with Crippen molar-refractivity contribution in [1.29, 1.82) is 0 Å². The van der Waals surface area contributed by atoms with Crippen molar-refractivity contribution >= 4 is 17.8 Å². The second kappa shape index (κ2) is 8.73. The summed E-state index contributed by atoms with van der Waals surface area (Å²) in [5.74, 6) is -1.31. The normalized spacial score (nSPS) is 20.6. The van der Waals surface area contributed by atoms with Gasteiger partial charge in [-0.05, 0) is 24.5 Å². The molecular weight excluding hydrogens is 360 g/mol. The van der Waals surface area contributed by atoms with E-state index in [1.54, 1.807) is 13.2 Å². The minimum atomic E-state index is -0.595. The Labute approximate surface area is 165 Å². The van der Waals surface area contributed by atoms with E-state index in [0.717, 1.165) is 37.7 Å². The molecule has 7 heteroatoms. The zero-order chi connectivity index (χ0) is 20.1. The van der Waals surface area contributed by atoms with Gasteiger partial charge in [-0.2, -0.15) is 0 Å². The Morgan fingerprint density at radius 1 is 1.18 bits per heavy atom. The lowest BCUT2D eigenvalue weighted by atomic mass is 9.65. The SMILES string of the molecule is COCCN1C(=O)c2ccccc2C(C(=O)NCC(=O)OC)C12CCCCC2. The molecule has 1 aromatic carbocycles. The summed E-state index contributed by atoms with van der Waals surface area (Å²) in [6.07, 6.45) is 4.52. The zero-order valence-electron chi connectivity index (χ0n) is 16.5. The molecule has 1 saturated carbocycles. The lowest BCUT2D eigenvalue weighted by Crippen LogP contribution is -2.63. The third kappa shape index (κ3) is 3.63. The molecule has 7 nitrogen and oxygen atoms in total. The van der Waals surface area contributed by atoms with Gasteiger partial charge in [0.25, 0.3) is 5.91 Å². The van der Waals surface area contributed by atoms with Gasteiger partial charge in [0, 0.05) is 19.2 Å². The highest BCUT2D eigenvalue weighted by atomic mass is 16.5. The van der Waals surface area contributed by atoms with E-state index in [1.807, 2.05) is 23.1 Å². The zero-order valence-corrected chi connectivity index (χ0v) is 16.5. The van der Waals surface area contributed by atoms with E-state index in [1.165, 1.54) is 7.11 Å². The first-order chi connectivity index (χ1) is 13.5. The van der Waals surface area contributed by atoms with E-state index in [4.69, 9.17) is 4.74 Å². The van der Waals surface area contributed by atoms with Crippen molar-refractivity contribution in [3.63, 3.8) is 0 Å². The van der Waals surface area contributed by atoms with Crippen LogP contribution in [0.25, 0.3) is 0 Å². The lowest BCUT2D eigenvalue weighted by molar-refractivity contribution is -0.142. The number of nitrogens with zero attached hydrogens (tertiary/aromatic N) is 1. The lowest BCUT2D eigenvalue weighted by Gasteiger charge is -2.53. The summed E-state index contributed by atoms with van der Waals surface area (Å²) < 4.78 is 9.90. The first-order valence-corrected chi connectivity index (χ1v) is 9.79. The largest absolute Gasteiger partial charge is 0.468 e. The number of nitrogens with one attached hydrogen (secondary N) is 1. The average Bonchev–Trinajstić information content (AvgIpc) is 2.72. The van der Waals surface area contributed by atoms with Crippen molar-refractivity contribution in [2.24, 2.45) is 0 Å². The molecule has 1 fully saturated rings. The number of ether oxygens (including phenoxy) is 2. The van der Waals surface area contributed by atoms with Crippen molar-refractivity contribution in [1.82, 2.24) is 10.2 Å². The number of rotatable bonds is 6. The summed E-state index contributed by atoms with van der Waals surface area (Å²) in [6, 6.07) is 7.30. The Morgan fingerprint density at radius 3 is 2.57 bits per heavy atom. The van der Waals surface area contributed by atoms with Crippen LogP contribution >= 0.6 is 0 Å².